The third-order valence-corrected chi connectivity index (χ3v) is 6.40. The molecule has 174 valence electrons. The van der Waals surface area contributed by atoms with E-state index in [9.17, 15) is 24.1 Å². The fourth-order valence-electron chi connectivity index (χ4n) is 3.62. The van der Waals surface area contributed by atoms with Crippen LogP contribution in [0.15, 0.2) is 70.5 Å². The lowest BCUT2D eigenvalue weighted by molar-refractivity contribution is -0.384. The molecule has 0 atom stereocenters. The minimum absolute atomic E-state index is 0.0251. The molecular formula is C24H20FN3O5S. The third-order valence-electron chi connectivity index (χ3n) is 5.28. The number of non-ortho nitro benzene ring substituents is 1. The molecule has 0 unspecified atom stereocenters. The van der Waals surface area contributed by atoms with E-state index in [1.54, 1.807) is 41.3 Å². The number of nitro groups is 1. The second-order valence-electron chi connectivity index (χ2n) is 7.46. The molecule has 0 aromatic heterocycles. The lowest BCUT2D eigenvalue weighted by Crippen LogP contribution is -2.24. The number of rotatable bonds is 7. The lowest BCUT2D eigenvalue weighted by Gasteiger charge is -2.20. The molecule has 1 aliphatic rings. The normalized spacial score (nSPS) is 13.1. The highest BCUT2D eigenvalue weighted by atomic mass is 32.2. The van der Waals surface area contributed by atoms with E-state index in [4.69, 9.17) is 4.74 Å². The highest BCUT2D eigenvalue weighted by Gasteiger charge is 2.25. The molecule has 1 aliphatic heterocycles. The number of hydrogen-bond acceptors (Lipinski definition) is 6. The van der Waals surface area contributed by atoms with Gasteiger partial charge in [-0.25, -0.2) is 4.39 Å². The van der Waals surface area contributed by atoms with Gasteiger partial charge in [-0.05, 0) is 42.8 Å². The van der Waals surface area contributed by atoms with Gasteiger partial charge in [-0.2, -0.15) is 0 Å². The van der Waals surface area contributed by atoms with Crippen molar-refractivity contribution in [3.05, 3.63) is 82.2 Å². The number of nitro benzene ring substituents is 1. The van der Waals surface area contributed by atoms with E-state index >= 15 is 0 Å². The van der Waals surface area contributed by atoms with Crippen LogP contribution in [0.2, 0.25) is 0 Å². The molecule has 2 amide bonds. The fraction of sp³-hybridized carbons (Fsp3) is 0.167. The van der Waals surface area contributed by atoms with Crippen molar-refractivity contribution < 1.29 is 23.6 Å². The van der Waals surface area contributed by atoms with Gasteiger partial charge in [0.1, 0.15) is 11.6 Å². The molecule has 8 nitrogen and oxygen atoms in total. The molecule has 34 heavy (non-hydrogen) atoms. The molecule has 0 bridgehead atoms. The predicted molar refractivity (Wildman–Crippen MR) is 126 cm³/mol. The third kappa shape index (κ3) is 4.86. The zero-order valence-corrected chi connectivity index (χ0v) is 18.9. The summed E-state index contributed by atoms with van der Waals surface area (Å²) in [7, 11) is 1.49. The molecule has 1 N–H and O–H groups in total. The number of carbonyl (C=O) groups is 2. The van der Waals surface area contributed by atoms with Crippen molar-refractivity contribution in [3.8, 4) is 5.75 Å². The Bertz CT molecular complexity index is 1280. The van der Waals surface area contributed by atoms with Crippen LogP contribution in [-0.2, 0) is 4.79 Å². The van der Waals surface area contributed by atoms with E-state index in [0.717, 1.165) is 24.2 Å². The summed E-state index contributed by atoms with van der Waals surface area (Å²) in [5.74, 6) is -0.623. The minimum Gasteiger partial charge on any atom is -0.495 e. The van der Waals surface area contributed by atoms with Gasteiger partial charge >= 0.3 is 0 Å². The van der Waals surface area contributed by atoms with E-state index in [1.165, 1.54) is 25.3 Å². The van der Waals surface area contributed by atoms with Gasteiger partial charge < -0.3 is 15.0 Å². The topological polar surface area (TPSA) is 102 Å². The molecule has 0 spiro atoms. The lowest BCUT2D eigenvalue weighted by atomic mass is 10.1. The minimum atomic E-state index is -0.605. The summed E-state index contributed by atoms with van der Waals surface area (Å²) >= 11 is 0.999. The van der Waals surface area contributed by atoms with Crippen molar-refractivity contribution in [3.63, 3.8) is 0 Å². The van der Waals surface area contributed by atoms with Crippen molar-refractivity contribution in [1.29, 1.82) is 0 Å². The van der Waals surface area contributed by atoms with Crippen LogP contribution in [-0.4, -0.2) is 30.4 Å². The van der Waals surface area contributed by atoms with Gasteiger partial charge in [0.05, 0.1) is 23.3 Å². The zero-order valence-electron chi connectivity index (χ0n) is 18.1. The van der Waals surface area contributed by atoms with E-state index in [0.29, 0.717) is 35.0 Å². The molecular weight excluding hydrogens is 461 g/mol. The number of methoxy groups -OCH3 is 1. The van der Waals surface area contributed by atoms with Crippen LogP contribution in [0.5, 0.6) is 5.75 Å². The van der Waals surface area contributed by atoms with Crippen LogP contribution < -0.4 is 15.0 Å². The van der Waals surface area contributed by atoms with Gasteiger partial charge in [-0.15, -0.1) is 0 Å². The molecule has 10 heteroatoms. The number of nitrogens with zero attached hydrogens (tertiary/aromatic N) is 2. The number of amides is 2. The van der Waals surface area contributed by atoms with Gasteiger partial charge in [-0.3, -0.25) is 19.7 Å². The molecule has 0 aliphatic carbocycles. The smallest absolute Gasteiger partial charge is 0.270 e. The molecule has 0 saturated carbocycles. The average molecular weight is 482 g/mol. The van der Waals surface area contributed by atoms with Gasteiger partial charge in [0, 0.05) is 40.6 Å². The van der Waals surface area contributed by atoms with Gasteiger partial charge in [0.25, 0.3) is 11.6 Å². The molecule has 3 aromatic rings. The van der Waals surface area contributed by atoms with E-state index in [1.807, 2.05) is 0 Å². The Morgan fingerprint density at radius 1 is 1.15 bits per heavy atom. The molecule has 3 aromatic carbocycles. The number of benzene rings is 3. The summed E-state index contributed by atoms with van der Waals surface area (Å²) in [5.41, 5.74) is 0.676. The highest BCUT2D eigenvalue weighted by Crippen LogP contribution is 2.36. The molecule has 0 radical (unpaired) electrons. The van der Waals surface area contributed by atoms with E-state index in [2.05, 4.69) is 5.32 Å². The summed E-state index contributed by atoms with van der Waals surface area (Å²) in [4.78, 5) is 38.4. The first-order valence-corrected chi connectivity index (χ1v) is 11.2. The Morgan fingerprint density at radius 2 is 1.94 bits per heavy atom. The molecule has 1 fully saturated rings. The first-order valence-electron chi connectivity index (χ1n) is 10.4. The summed E-state index contributed by atoms with van der Waals surface area (Å²) in [6.45, 7) is 0.543. The quantitative estimate of drug-likeness (QED) is 0.364. The number of hydrogen-bond donors (Lipinski definition) is 1. The predicted octanol–water partition coefficient (Wildman–Crippen LogP) is 5.27. The summed E-state index contributed by atoms with van der Waals surface area (Å²) in [5, 5.41) is 14.0. The Morgan fingerprint density at radius 3 is 2.62 bits per heavy atom. The van der Waals surface area contributed by atoms with Crippen LogP contribution in [0.1, 0.15) is 23.2 Å². The number of anilines is 2. The Kier molecular flexibility index (Phi) is 6.78. The van der Waals surface area contributed by atoms with E-state index < -0.39 is 16.6 Å². The van der Waals surface area contributed by atoms with Crippen molar-refractivity contribution in [2.24, 2.45) is 0 Å². The highest BCUT2D eigenvalue weighted by molar-refractivity contribution is 7.99. The van der Waals surface area contributed by atoms with Crippen molar-refractivity contribution in [2.75, 3.05) is 23.9 Å². The summed E-state index contributed by atoms with van der Waals surface area (Å²) in [6.07, 6.45) is 1.16. The van der Waals surface area contributed by atoms with Crippen LogP contribution in [0, 0.1) is 15.9 Å². The van der Waals surface area contributed by atoms with Gasteiger partial charge in [-0.1, -0.05) is 23.9 Å². The first-order chi connectivity index (χ1) is 16.4. The van der Waals surface area contributed by atoms with Crippen LogP contribution in [0.4, 0.5) is 21.5 Å². The maximum atomic E-state index is 14.2. The Balaban J connectivity index is 1.67. The summed E-state index contributed by atoms with van der Waals surface area (Å²) < 4.78 is 19.6. The standard InChI is InChI=1S/C24H20FN3O5S/c1-33-20-10-8-15(13-19(20)27-12-4-7-23(27)29)26-24(30)17-14-16(28(31)32)9-11-21(17)34-22-6-3-2-5-18(22)25/h2-3,5-6,8-11,13-14H,4,7,12H2,1H3,(H,26,30). The maximum absolute atomic E-state index is 14.2. The molecule has 1 heterocycles. The second kappa shape index (κ2) is 9.92. The van der Waals surface area contributed by atoms with E-state index in [-0.39, 0.29) is 22.1 Å². The maximum Gasteiger partial charge on any atom is 0.270 e. The Hall–Kier alpha value is -3.92. The average Bonchev–Trinajstić information content (AvgIpc) is 3.26. The zero-order chi connectivity index (χ0) is 24.2. The van der Waals surface area contributed by atoms with Gasteiger partial charge in [0.15, 0.2) is 0 Å². The number of nitrogens with one attached hydrogen (secondary N) is 1. The van der Waals surface area contributed by atoms with Crippen molar-refractivity contribution in [2.45, 2.75) is 22.6 Å². The van der Waals surface area contributed by atoms with Crippen LogP contribution >= 0.6 is 11.8 Å². The van der Waals surface area contributed by atoms with Crippen LogP contribution in [0.3, 0.4) is 0 Å². The fourth-order valence-corrected chi connectivity index (χ4v) is 4.57. The number of carbonyl (C=O) groups excluding carboxylic acids is 2. The molecule has 1 saturated heterocycles. The summed E-state index contributed by atoms with van der Waals surface area (Å²) in [6, 6.07) is 14.8. The second-order valence-corrected chi connectivity index (χ2v) is 8.54. The SMILES string of the molecule is COc1ccc(NC(=O)c2cc([N+](=O)[O-])ccc2Sc2ccccc2F)cc1N1CCCC1=O. The van der Waals surface area contributed by atoms with Gasteiger partial charge in [0.2, 0.25) is 5.91 Å². The van der Waals surface area contributed by atoms with Crippen molar-refractivity contribution in [1.82, 2.24) is 0 Å². The Labute approximate surface area is 198 Å². The largest absolute Gasteiger partial charge is 0.495 e. The van der Waals surface area contributed by atoms with Crippen molar-refractivity contribution >= 4 is 40.6 Å². The van der Waals surface area contributed by atoms with Crippen LogP contribution in [0.25, 0.3) is 0 Å². The first kappa shape index (κ1) is 23.2. The number of ether oxygens (including phenoxy) is 1. The number of halogens is 1. The molecule has 4 rings (SSSR count). The monoisotopic (exact) mass is 481 g/mol.